The molecule has 0 saturated carbocycles. The normalized spacial score (nSPS) is 12.6. The van der Waals surface area contributed by atoms with E-state index in [1.807, 2.05) is 23.8 Å². The third-order valence-corrected chi connectivity index (χ3v) is 7.04. The number of nitrogens with zero attached hydrogens (tertiary/aromatic N) is 5. The molecule has 4 aromatic rings. The molecule has 4 heterocycles. The lowest BCUT2D eigenvalue weighted by atomic mass is 9.88. The number of amides is 2. The second kappa shape index (κ2) is 9.38. The predicted molar refractivity (Wildman–Crippen MR) is 133 cm³/mol. The molecule has 0 bridgehead atoms. The third-order valence-electron chi connectivity index (χ3n) is 5.94. The average molecular weight is 480 g/mol. The molecule has 2 amide bonds. The Labute approximate surface area is 202 Å². The first kappa shape index (κ1) is 23.6. The van der Waals surface area contributed by atoms with Gasteiger partial charge in [-0.3, -0.25) is 9.59 Å². The number of nitrogens with one attached hydrogen (secondary N) is 2. The Kier molecular flexibility index (Phi) is 6.52. The van der Waals surface area contributed by atoms with Crippen LogP contribution in [-0.4, -0.2) is 60.9 Å². The van der Waals surface area contributed by atoms with Crippen molar-refractivity contribution in [1.29, 1.82) is 0 Å². The summed E-state index contributed by atoms with van der Waals surface area (Å²) in [5.74, 6) is -0.245. The molecule has 2 N–H and O–H groups in total. The van der Waals surface area contributed by atoms with Crippen LogP contribution in [0, 0.1) is 5.41 Å². The van der Waals surface area contributed by atoms with Gasteiger partial charge in [0.2, 0.25) is 0 Å². The van der Waals surface area contributed by atoms with Gasteiger partial charge in [0.1, 0.15) is 5.52 Å². The smallest absolute Gasteiger partial charge is 0.263 e. The molecule has 10 heteroatoms. The van der Waals surface area contributed by atoms with Gasteiger partial charge in [0.25, 0.3) is 11.8 Å². The summed E-state index contributed by atoms with van der Waals surface area (Å²) in [6.07, 6.45) is 8.61. The van der Waals surface area contributed by atoms with E-state index >= 15 is 0 Å². The van der Waals surface area contributed by atoms with E-state index in [1.165, 1.54) is 11.3 Å². The maximum absolute atomic E-state index is 12.9. The number of rotatable bonds is 7. The van der Waals surface area contributed by atoms with E-state index in [9.17, 15) is 9.59 Å². The van der Waals surface area contributed by atoms with Crippen molar-refractivity contribution >= 4 is 34.3 Å². The topological polar surface area (TPSA) is 109 Å². The van der Waals surface area contributed by atoms with Crippen LogP contribution in [0.15, 0.2) is 43.2 Å². The van der Waals surface area contributed by atoms with Gasteiger partial charge in [-0.2, -0.15) is 0 Å². The first-order chi connectivity index (χ1) is 16.1. The molecule has 178 valence electrons. The first-order valence-corrected chi connectivity index (χ1v) is 11.9. The summed E-state index contributed by atoms with van der Waals surface area (Å²) in [7, 11) is 1.79. The molecule has 0 aliphatic carbocycles. The van der Waals surface area contributed by atoms with Crippen molar-refractivity contribution < 1.29 is 9.59 Å². The van der Waals surface area contributed by atoms with E-state index < -0.39 is 0 Å². The van der Waals surface area contributed by atoms with Gasteiger partial charge < -0.3 is 19.8 Å². The van der Waals surface area contributed by atoms with Crippen molar-refractivity contribution in [3.63, 3.8) is 0 Å². The van der Waals surface area contributed by atoms with E-state index in [0.29, 0.717) is 40.4 Å². The lowest BCUT2D eigenvalue weighted by molar-refractivity contribution is 0.0794. The Balaban J connectivity index is 1.51. The van der Waals surface area contributed by atoms with Gasteiger partial charge in [0, 0.05) is 44.8 Å². The molecular weight excluding hydrogens is 450 g/mol. The maximum Gasteiger partial charge on any atom is 0.263 e. The van der Waals surface area contributed by atoms with Gasteiger partial charge in [-0.15, -0.1) is 11.3 Å². The molecule has 1 atom stereocenters. The molecule has 4 rings (SSSR count). The van der Waals surface area contributed by atoms with Crippen molar-refractivity contribution in [2.75, 3.05) is 13.6 Å². The minimum atomic E-state index is -0.193. The molecule has 0 saturated heterocycles. The summed E-state index contributed by atoms with van der Waals surface area (Å²) in [4.78, 5) is 45.1. The van der Waals surface area contributed by atoms with Gasteiger partial charge in [0.15, 0.2) is 5.65 Å². The van der Waals surface area contributed by atoms with Crippen LogP contribution in [0.2, 0.25) is 0 Å². The number of likely N-dealkylation sites (N-methyl/N-ethyl adjacent to an activating group) is 1. The van der Waals surface area contributed by atoms with Crippen molar-refractivity contribution in [3.05, 3.63) is 53.7 Å². The van der Waals surface area contributed by atoms with Crippen LogP contribution in [0.4, 0.5) is 0 Å². The van der Waals surface area contributed by atoms with Crippen LogP contribution in [0.1, 0.15) is 47.7 Å². The average Bonchev–Trinajstić information content (AvgIpc) is 3.56. The Bertz CT molecular complexity index is 1300. The highest BCUT2D eigenvalue weighted by Crippen LogP contribution is 2.29. The van der Waals surface area contributed by atoms with Crippen LogP contribution in [0.3, 0.4) is 0 Å². The molecule has 9 nitrogen and oxygen atoms in total. The summed E-state index contributed by atoms with van der Waals surface area (Å²) in [5.41, 5.74) is 2.06. The number of thiophene rings is 1. The molecular formula is C24H29N7O2S. The Hall–Kier alpha value is -3.53. The fourth-order valence-corrected chi connectivity index (χ4v) is 4.19. The molecule has 0 aliphatic rings. The van der Waals surface area contributed by atoms with Gasteiger partial charge in [-0.25, -0.2) is 15.0 Å². The summed E-state index contributed by atoms with van der Waals surface area (Å²) in [6.45, 7) is 9.47. The Morgan fingerprint density at radius 2 is 2.09 bits per heavy atom. The quantitative estimate of drug-likeness (QED) is 0.419. The first-order valence-electron chi connectivity index (χ1n) is 11.1. The van der Waals surface area contributed by atoms with Crippen molar-refractivity contribution in [1.82, 2.24) is 34.7 Å². The zero-order valence-corrected chi connectivity index (χ0v) is 20.8. The van der Waals surface area contributed by atoms with E-state index in [1.54, 1.807) is 42.9 Å². The minimum Gasteiger partial charge on any atom is -0.349 e. The summed E-state index contributed by atoms with van der Waals surface area (Å²) >= 11 is 1.36. The summed E-state index contributed by atoms with van der Waals surface area (Å²) < 4.78 is 1.93. The largest absolute Gasteiger partial charge is 0.349 e. The lowest BCUT2D eigenvalue weighted by Gasteiger charge is -2.27. The highest BCUT2D eigenvalue weighted by molar-refractivity contribution is 7.17. The minimum absolute atomic E-state index is 0.0160. The molecule has 0 fully saturated rings. The number of H-pyrrole nitrogens is 1. The number of hydrogen-bond acceptors (Lipinski definition) is 6. The number of imidazole rings is 1. The number of aromatic nitrogens is 5. The molecule has 4 aromatic heterocycles. The fourth-order valence-electron chi connectivity index (χ4n) is 3.24. The Morgan fingerprint density at radius 1 is 1.29 bits per heavy atom. The van der Waals surface area contributed by atoms with Crippen molar-refractivity contribution in [2.24, 2.45) is 5.41 Å². The van der Waals surface area contributed by atoms with Gasteiger partial charge >= 0.3 is 0 Å². The number of hydrogen-bond donors (Lipinski definition) is 2. The second-order valence-electron chi connectivity index (χ2n) is 9.41. The predicted octanol–water partition coefficient (Wildman–Crippen LogP) is 3.82. The molecule has 0 aromatic carbocycles. The molecule has 34 heavy (non-hydrogen) atoms. The van der Waals surface area contributed by atoms with Gasteiger partial charge in [-0.1, -0.05) is 20.8 Å². The monoisotopic (exact) mass is 479 g/mol. The van der Waals surface area contributed by atoms with Crippen LogP contribution < -0.4 is 5.32 Å². The standard InChI is InChI=1S/C24H29N7O2S/c1-15(24(2,3)4)28-22(32)16-12-26-21-20(16)29-17(13-27-21)18-6-7-19(34-18)23(33)30(5)10-11-31-9-8-25-14-31/h6-9,12-15H,10-11H2,1-5H3,(H,26,27)(H,28,32)/t15-/m0/s1. The van der Waals surface area contributed by atoms with Gasteiger partial charge in [0.05, 0.1) is 33.5 Å². The summed E-state index contributed by atoms with van der Waals surface area (Å²) in [5, 5.41) is 3.05. The van der Waals surface area contributed by atoms with E-state index in [2.05, 4.69) is 41.0 Å². The Morgan fingerprint density at radius 3 is 2.79 bits per heavy atom. The van der Waals surface area contributed by atoms with E-state index in [-0.39, 0.29) is 23.3 Å². The van der Waals surface area contributed by atoms with Crippen molar-refractivity contribution in [3.8, 4) is 10.6 Å². The zero-order valence-electron chi connectivity index (χ0n) is 20.0. The number of fused-ring (bicyclic) bond motifs is 1. The lowest BCUT2D eigenvalue weighted by Crippen LogP contribution is -2.41. The van der Waals surface area contributed by atoms with Crippen LogP contribution in [0.25, 0.3) is 21.7 Å². The van der Waals surface area contributed by atoms with Gasteiger partial charge in [-0.05, 0) is 24.5 Å². The number of carbonyl (C=O) groups excluding carboxylic acids is 2. The molecule has 0 radical (unpaired) electrons. The SMILES string of the molecule is C[C@H](NC(=O)c1c[nH]c2ncc(-c3ccc(C(=O)N(C)CCn4ccnc4)s3)nc12)C(C)(C)C. The van der Waals surface area contributed by atoms with E-state index in [0.717, 1.165) is 4.88 Å². The van der Waals surface area contributed by atoms with Crippen molar-refractivity contribution in [2.45, 2.75) is 40.3 Å². The molecule has 0 unspecified atom stereocenters. The fraction of sp³-hybridized carbons (Fsp3) is 0.375. The summed E-state index contributed by atoms with van der Waals surface area (Å²) in [6, 6.07) is 3.65. The highest BCUT2D eigenvalue weighted by Gasteiger charge is 2.24. The third kappa shape index (κ3) is 5.01. The van der Waals surface area contributed by atoms with Crippen LogP contribution in [0.5, 0.6) is 0 Å². The number of aromatic amines is 1. The molecule has 0 aliphatic heterocycles. The number of carbonyl (C=O) groups is 2. The zero-order chi connectivity index (χ0) is 24.5. The molecule has 0 spiro atoms. The highest BCUT2D eigenvalue weighted by atomic mass is 32.1. The second-order valence-corrected chi connectivity index (χ2v) is 10.5. The maximum atomic E-state index is 12.9. The van der Waals surface area contributed by atoms with Crippen LogP contribution >= 0.6 is 11.3 Å². The van der Waals surface area contributed by atoms with Crippen LogP contribution in [-0.2, 0) is 6.54 Å². The van der Waals surface area contributed by atoms with E-state index in [4.69, 9.17) is 4.98 Å².